The van der Waals surface area contributed by atoms with Crippen LogP contribution < -0.4 is 4.90 Å². The molecule has 1 amide bonds. The molecule has 0 radical (unpaired) electrons. The number of fused-ring (bicyclic) bond motifs is 1. The van der Waals surface area contributed by atoms with Crippen LogP contribution in [-0.2, 0) is 0 Å². The largest absolute Gasteiger partial charge is 0.308 e. The minimum absolute atomic E-state index is 0. The third-order valence-electron chi connectivity index (χ3n) is 4.73. The van der Waals surface area contributed by atoms with Crippen molar-refractivity contribution in [1.82, 2.24) is 9.88 Å². The number of hydrogen-bond acceptors (Lipinski definition) is 5. The lowest BCUT2D eigenvalue weighted by atomic mass is 10.1. The van der Waals surface area contributed by atoms with E-state index < -0.39 is 0 Å². The molecule has 3 aromatic rings. The number of aromatic nitrogens is 1. The van der Waals surface area contributed by atoms with Crippen LogP contribution >= 0.6 is 35.5 Å². The lowest BCUT2D eigenvalue weighted by Gasteiger charge is -2.22. The van der Waals surface area contributed by atoms with E-state index in [2.05, 4.69) is 37.8 Å². The van der Waals surface area contributed by atoms with E-state index in [0.29, 0.717) is 12.1 Å². The van der Waals surface area contributed by atoms with Crippen molar-refractivity contribution in [1.29, 1.82) is 0 Å². The van der Waals surface area contributed by atoms with Gasteiger partial charge in [0.1, 0.15) is 0 Å². The number of thioether (sulfide) groups is 1. The molecule has 1 heterocycles. The van der Waals surface area contributed by atoms with E-state index in [1.54, 1.807) is 23.1 Å². The van der Waals surface area contributed by atoms with E-state index in [4.69, 9.17) is 4.98 Å². The van der Waals surface area contributed by atoms with E-state index >= 15 is 0 Å². The number of nitrogens with zero attached hydrogens (tertiary/aromatic N) is 3. The summed E-state index contributed by atoms with van der Waals surface area (Å²) in [6, 6.07) is 12.1. The Morgan fingerprint density at radius 3 is 2.38 bits per heavy atom. The van der Waals surface area contributed by atoms with Crippen molar-refractivity contribution >= 4 is 56.8 Å². The third-order valence-corrected chi connectivity index (χ3v) is 6.67. The number of amides is 1. The number of halogens is 1. The van der Waals surface area contributed by atoms with Crippen LogP contribution in [0.4, 0.5) is 5.13 Å². The summed E-state index contributed by atoms with van der Waals surface area (Å²) >= 11 is 3.36. The van der Waals surface area contributed by atoms with Crippen molar-refractivity contribution in [2.45, 2.75) is 25.7 Å². The summed E-state index contributed by atoms with van der Waals surface area (Å²) in [5, 5.41) is 0.766. The Labute approximate surface area is 187 Å². The second-order valence-electron chi connectivity index (χ2n) is 7.07. The number of likely N-dealkylation sites (N-methyl/N-ethyl adjacent to an activating group) is 1. The standard InChI is InChI=1S/C22H27N3OS2.ClH/c1-6-27-18-10-8-17(9-11-18)21(26)25(14-13-24(4)5)22-23-20-16(3)15(2)7-12-19(20)28-22;/h7-12H,6,13-14H2,1-5H3;1H. The molecule has 2 aromatic carbocycles. The van der Waals surface area contributed by atoms with Gasteiger partial charge < -0.3 is 4.90 Å². The maximum Gasteiger partial charge on any atom is 0.260 e. The lowest BCUT2D eigenvalue weighted by molar-refractivity contribution is 0.0985. The first-order valence-electron chi connectivity index (χ1n) is 9.47. The average molecular weight is 450 g/mol. The normalized spacial score (nSPS) is 11.0. The quantitative estimate of drug-likeness (QED) is 0.436. The summed E-state index contributed by atoms with van der Waals surface area (Å²) in [7, 11) is 4.04. The molecule has 0 aliphatic carbocycles. The fraction of sp³-hybridized carbons (Fsp3) is 0.364. The Kier molecular flexibility index (Phi) is 8.52. The summed E-state index contributed by atoms with van der Waals surface area (Å²) in [6.07, 6.45) is 0. The van der Waals surface area contributed by atoms with Gasteiger partial charge in [-0.2, -0.15) is 0 Å². The SMILES string of the molecule is CCSc1ccc(C(=O)N(CCN(C)C)c2nc3c(C)c(C)ccc3s2)cc1.Cl. The number of thiazole rings is 1. The summed E-state index contributed by atoms with van der Waals surface area (Å²) in [4.78, 5) is 23.3. The topological polar surface area (TPSA) is 36.4 Å². The van der Waals surface area contributed by atoms with Gasteiger partial charge in [0.15, 0.2) is 5.13 Å². The smallest absolute Gasteiger partial charge is 0.260 e. The molecule has 0 bridgehead atoms. The van der Waals surface area contributed by atoms with Crippen LogP contribution in [0.5, 0.6) is 0 Å². The summed E-state index contributed by atoms with van der Waals surface area (Å²) < 4.78 is 1.12. The van der Waals surface area contributed by atoms with Crippen LogP contribution in [-0.4, -0.2) is 48.7 Å². The number of benzene rings is 2. The molecule has 29 heavy (non-hydrogen) atoms. The monoisotopic (exact) mass is 449 g/mol. The summed E-state index contributed by atoms with van der Waals surface area (Å²) in [5.74, 6) is 1.02. The van der Waals surface area contributed by atoms with Crippen molar-refractivity contribution in [3.8, 4) is 0 Å². The molecule has 4 nitrogen and oxygen atoms in total. The molecular formula is C22H28ClN3OS2. The molecule has 0 atom stereocenters. The minimum Gasteiger partial charge on any atom is -0.308 e. The second-order valence-corrected chi connectivity index (χ2v) is 9.41. The van der Waals surface area contributed by atoms with Gasteiger partial charge >= 0.3 is 0 Å². The zero-order valence-corrected chi connectivity index (χ0v) is 20.0. The molecule has 0 aliphatic rings. The van der Waals surface area contributed by atoms with E-state index in [1.165, 1.54) is 16.0 Å². The van der Waals surface area contributed by atoms with Gasteiger partial charge in [-0.05, 0) is 75.2 Å². The van der Waals surface area contributed by atoms with E-state index in [9.17, 15) is 4.79 Å². The molecule has 0 saturated carbocycles. The Balaban J connectivity index is 0.00000300. The van der Waals surface area contributed by atoms with Crippen molar-refractivity contribution in [2.24, 2.45) is 0 Å². The first kappa shape index (κ1) is 23.7. The van der Waals surface area contributed by atoms with Crippen LogP contribution in [0.25, 0.3) is 10.2 Å². The summed E-state index contributed by atoms with van der Waals surface area (Å²) in [5.41, 5.74) is 4.10. The van der Waals surface area contributed by atoms with Gasteiger partial charge in [0.25, 0.3) is 5.91 Å². The highest BCUT2D eigenvalue weighted by Gasteiger charge is 2.22. The van der Waals surface area contributed by atoms with E-state index in [0.717, 1.165) is 27.6 Å². The van der Waals surface area contributed by atoms with Crippen LogP contribution in [0.3, 0.4) is 0 Å². The van der Waals surface area contributed by atoms with Gasteiger partial charge in [-0.25, -0.2) is 4.98 Å². The van der Waals surface area contributed by atoms with E-state index in [-0.39, 0.29) is 18.3 Å². The van der Waals surface area contributed by atoms with Gasteiger partial charge in [-0.15, -0.1) is 24.2 Å². The van der Waals surface area contributed by atoms with Gasteiger partial charge in [0.05, 0.1) is 10.2 Å². The molecule has 0 fully saturated rings. The molecule has 0 N–H and O–H groups in total. The van der Waals surface area contributed by atoms with E-state index in [1.807, 2.05) is 43.3 Å². The fourth-order valence-corrected chi connectivity index (χ4v) is 4.64. The number of anilines is 1. The molecule has 7 heteroatoms. The van der Waals surface area contributed by atoms with Crippen molar-refractivity contribution in [3.63, 3.8) is 0 Å². The Bertz CT molecular complexity index is 970. The first-order valence-corrected chi connectivity index (χ1v) is 11.3. The van der Waals surface area contributed by atoms with Gasteiger partial charge in [0, 0.05) is 23.5 Å². The van der Waals surface area contributed by atoms with Crippen molar-refractivity contribution in [2.75, 3.05) is 37.8 Å². The van der Waals surface area contributed by atoms with Gasteiger partial charge in [0.2, 0.25) is 0 Å². The lowest BCUT2D eigenvalue weighted by Crippen LogP contribution is -2.36. The maximum absolute atomic E-state index is 13.3. The fourth-order valence-electron chi connectivity index (χ4n) is 2.93. The highest BCUT2D eigenvalue weighted by molar-refractivity contribution is 7.99. The second kappa shape index (κ2) is 10.4. The van der Waals surface area contributed by atoms with Crippen molar-refractivity contribution < 1.29 is 4.79 Å². The molecule has 156 valence electrons. The highest BCUT2D eigenvalue weighted by atomic mass is 35.5. The number of carbonyl (C=O) groups is 1. The number of hydrogen-bond donors (Lipinski definition) is 0. The molecule has 0 unspecified atom stereocenters. The number of rotatable bonds is 7. The first-order chi connectivity index (χ1) is 13.4. The summed E-state index contributed by atoms with van der Waals surface area (Å²) in [6.45, 7) is 7.71. The number of aryl methyl sites for hydroxylation is 2. The van der Waals surface area contributed by atoms with Gasteiger partial charge in [-0.1, -0.05) is 24.3 Å². The van der Waals surface area contributed by atoms with Crippen molar-refractivity contribution in [3.05, 3.63) is 53.1 Å². The molecule has 3 rings (SSSR count). The molecule has 0 spiro atoms. The third kappa shape index (κ3) is 5.51. The zero-order chi connectivity index (χ0) is 20.3. The predicted octanol–water partition coefficient (Wildman–Crippen LogP) is 5.66. The van der Waals surface area contributed by atoms with Crippen LogP contribution in [0.1, 0.15) is 28.4 Å². The molecular weight excluding hydrogens is 422 g/mol. The Hall–Kier alpha value is -1.60. The van der Waals surface area contributed by atoms with Crippen LogP contribution in [0.15, 0.2) is 41.3 Å². The predicted molar refractivity (Wildman–Crippen MR) is 129 cm³/mol. The highest BCUT2D eigenvalue weighted by Crippen LogP contribution is 2.32. The number of carbonyl (C=O) groups excluding carboxylic acids is 1. The Morgan fingerprint density at radius 2 is 1.76 bits per heavy atom. The Morgan fingerprint density at radius 1 is 1.07 bits per heavy atom. The van der Waals surface area contributed by atoms with Gasteiger partial charge in [-0.3, -0.25) is 9.69 Å². The van der Waals surface area contributed by atoms with Crippen LogP contribution in [0.2, 0.25) is 0 Å². The minimum atomic E-state index is 0. The molecule has 1 aromatic heterocycles. The van der Waals surface area contributed by atoms with Crippen LogP contribution in [0, 0.1) is 13.8 Å². The molecule has 0 saturated heterocycles. The maximum atomic E-state index is 13.3. The zero-order valence-electron chi connectivity index (χ0n) is 17.6. The average Bonchev–Trinajstić information content (AvgIpc) is 3.10. The molecule has 0 aliphatic heterocycles.